The molecule has 1 heterocycles. The van der Waals surface area contributed by atoms with Crippen molar-refractivity contribution in [3.63, 3.8) is 0 Å². The second-order valence-corrected chi connectivity index (χ2v) is 8.85. The predicted octanol–water partition coefficient (Wildman–Crippen LogP) is 3.39. The summed E-state index contributed by atoms with van der Waals surface area (Å²) in [5.74, 6) is -0.765. The Bertz CT molecular complexity index is 832. The normalized spacial score (nSPS) is 21.3. The molecule has 2 N–H and O–H groups in total. The number of ether oxygens (including phenoxy) is 2. The van der Waals surface area contributed by atoms with Gasteiger partial charge in [-0.15, -0.1) is 11.8 Å². The first-order valence-electron chi connectivity index (χ1n) is 9.45. The van der Waals surface area contributed by atoms with Gasteiger partial charge in [-0.05, 0) is 31.5 Å². The van der Waals surface area contributed by atoms with Crippen LogP contribution in [0.2, 0.25) is 0 Å². The zero-order valence-corrected chi connectivity index (χ0v) is 17.2. The van der Waals surface area contributed by atoms with E-state index < -0.39 is 22.9 Å². The molecule has 1 aliphatic heterocycles. The van der Waals surface area contributed by atoms with E-state index in [1.54, 1.807) is 6.92 Å². The molecular formula is C22H25NO5S. The van der Waals surface area contributed by atoms with Crippen LogP contribution >= 0.6 is 11.8 Å². The molecule has 0 aromatic heterocycles. The first-order valence-corrected chi connectivity index (χ1v) is 10.3. The molecule has 154 valence electrons. The van der Waals surface area contributed by atoms with Crippen LogP contribution in [0.5, 0.6) is 0 Å². The Kier molecular flexibility index (Phi) is 6.82. The van der Waals surface area contributed by atoms with E-state index in [0.29, 0.717) is 0 Å². The number of hydrogen-bond donors (Lipinski definition) is 2. The summed E-state index contributed by atoms with van der Waals surface area (Å²) >= 11 is 1.49. The molecule has 0 bridgehead atoms. The van der Waals surface area contributed by atoms with Crippen LogP contribution in [0.25, 0.3) is 0 Å². The summed E-state index contributed by atoms with van der Waals surface area (Å²) in [4.78, 5) is 25.3. The summed E-state index contributed by atoms with van der Waals surface area (Å²) in [7, 11) is 0. The third-order valence-corrected chi connectivity index (χ3v) is 6.37. The van der Waals surface area contributed by atoms with Gasteiger partial charge in [0.05, 0.1) is 23.3 Å². The van der Waals surface area contributed by atoms with Gasteiger partial charge in [0.25, 0.3) is 0 Å². The molecule has 1 saturated heterocycles. The maximum atomic E-state index is 12.2. The van der Waals surface area contributed by atoms with Crippen molar-refractivity contribution in [1.82, 2.24) is 5.32 Å². The van der Waals surface area contributed by atoms with E-state index in [-0.39, 0.29) is 25.2 Å². The van der Waals surface area contributed by atoms with Crippen molar-refractivity contribution >= 4 is 23.8 Å². The van der Waals surface area contributed by atoms with Crippen molar-refractivity contribution in [2.45, 2.75) is 42.2 Å². The number of aliphatic hydroxyl groups is 1. The lowest BCUT2D eigenvalue weighted by Crippen LogP contribution is -2.70. The molecule has 2 unspecified atom stereocenters. The van der Waals surface area contributed by atoms with Crippen LogP contribution in [-0.2, 0) is 20.9 Å². The van der Waals surface area contributed by atoms with E-state index in [1.165, 1.54) is 11.8 Å². The van der Waals surface area contributed by atoms with Crippen LogP contribution < -0.4 is 5.32 Å². The maximum absolute atomic E-state index is 12.2. The molecule has 2 aromatic carbocycles. The molecule has 0 spiro atoms. The van der Waals surface area contributed by atoms with Gasteiger partial charge in [0.2, 0.25) is 5.91 Å². The first kappa shape index (κ1) is 21.2. The second-order valence-electron chi connectivity index (χ2n) is 7.25. The van der Waals surface area contributed by atoms with Crippen molar-refractivity contribution in [2.75, 3.05) is 6.61 Å². The van der Waals surface area contributed by atoms with Crippen molar-refractivity contribution in [1.29, 1.82) is 0 Å². The van der Waals surface area contributed by atoms with Gasteiger partial charge in [0, 0.05) is 4.90 Å². The largest absolute Gasteiger partial charge is 0.508 e. The van der Waals surface area contributed by atoms with E-state index in [4.69, 9.17) is 9.47 Å². The molecule has 0 saturated carbocycles. The highest BCUT2D eigenvalue weighted by Crippen LogP contribution is 2.41. The van der Waals surface area contributed by atoms with Gasteiger partial charge in [-0.25, -0.2) is 4.79 Å². The number of carbonyl (C=O) groups excluding carboxylic acids is 2. The minimum absolute atomic E-state index is 0.102. The van der Waals surface area contributed by atoms with Gasteiger partial charge in [-0.3, -0.25) is 4.79 Å². The Morgan fingerprint density at radius 1 is 1.17 bits per heavy atom. The molecule has 7 heteroatoms. The van der Waals surface area contributed by atoms with Gasteiger partial charge in [-0.1, -0.05) is 48.5 Å². The Morgan fingerprint density at radius 3 is 2.38 bits per heavy atom. The van der Waals surface area contributed by atoms with Crippen LogP contribution in [0.1, 0.15) is 19.4 Å². The average molecular weight is 416 g/mol. The van der Waals surface area contributed by atoms with Crippen molar-refractivity contribution < 1.29 is 24.2 Å². The van der Waals surface area contributed by atoms with Gasteiger partial charge >= 0.3 is 6.16 Å². The number of thioether (sulfide) groups is 1. The molecule has 1 fully saturated rings. The molecule has 6 nitrogen and oxygen atoms in total. The molecule has 1 aliphatic rings. The molecular weight excluding hydrogens is 390 g/mol. The number of aliphatic hydroxyl groups excluding tert-OH is 1. The van der Waals surface area contributed by atoms with Crippen LogP contribution in [-0.4, -0.2) is 40.7 Å². The molecule has 2 aromatic rings. The number of hydrogen-bond acceptors (Lipinski definition) is 6. The van der Waals surface area contributed by atoms with Gasteiger partial charge < -0.3 is 19.9 Å². The Morgan fingerprint density at radius 2 is 1.79 bits per heavy atom. The lowest BCUT2D eigenvalue weighted by Gasteiger charge is -2.48. The number of carbonyl (C=O) groups is 2. The monoisotopic (exact) mass is 415 g/mol. The highest BCUT2D eigenvalue weighted by Gasteiger charge is 2.53. The molecule has 0 aliphatic carbocycles. The lowest BCUT2D eigenvalue weighted by molar-refractivity contribution is -0.143. The van der Waals surface area contributed by atoms with E-state index in [9.17, 15) is 14.7 Å². The summed E-state index contributed by atoms with van der Waals surface area (Å²) < 4.78 is 9.84. The van der Waals surface area contributed by atoms with E-state index in [0.717, 1.165) is 10.5 Å². The van der Waals surface area contributed by atoms with Crippen molar-refractivity contribution in [3.8, 4) is 0 Å². The molecule has 1 amide bonds. The van der Waals surface area contributed by atoms with Crippen molar-refractivity contribution in [3.05, 3.63) is 66.2 Å². The van der Waals surface area contributed by atoms with Crippen LogP contribution in [0, 0.1) is 5.92 Å². The number of benzene rings is 2. The fourth-order valence-corrected chi connectivity index (χ4v) is 4.57. The average Bonchev–Trinajstić information content (AvgIpc) is 2.71. The Hall–Kier alpha value is -2.51. The number of rotatable bonds is 8. The fraction of sp³-hybridized carbons (Fsp3) is 0.364. The van der Waals surface area contributed by atoms with Gasteiger partial charge in [0.1, 0.15) is 12.7 Å². The Labute approximate surface area is 174 Å². The minimum Gasteiger partial charge on any atom is -0.430 e. The third kappa shape index (κ3) is 5.10. The van der Waals surface area contributed by atoms with E-state index in [1.807, 2.05) is 67.6 Å². The fourth-order valence-electron chi connectivity index (χ4n) is 3.34. The van der Waals surface area contributed by atoms with Gasteiger partial charge in [0.15, 0.2) is 0 Å². The topological polar surface area (TPSA) is 84.9 Å². The van der Waals surface area contributed by atoms with Crippen LogP contribution in [0.4, 0.5) is 4.79 Å². The standard InChI is InChI=1S/C22H25NO5S/c1-15(28-21(26)27-13-16-9-5-3-6-10-16)18-19(23-20(18)25)22(2,14-24)29-17-11-7-4-8-12-17/h3-12,15,18-19,24H,13-14H2,1-2H3,(H,23,25)/t15?,18-,19+,22?/m1/s1. The summed E-state index contributed by atoms with van der Waals surface area (Å²) in [6.45, 7) is 3.53. The highest BCUT2D eigenvalue weighted by molar-refractivity contribution is 8.00. The molecule has 3 rings (SSSR count). The summed E-state index contributed by atoms with van der Waals surface area (Å²) in [5.41, 5.74) is 0.850. The van der Waals surface area contributed by atoms with Crippen LogP contribution in [0.15, 0.2) is 65.6 Å². The number of nitrogens with one attached hydrogen (secondary N) is 1. The smallest absolute Gasteiger partial charge is 0.430 e. The predicted molar refractivity (Wildman–Crippen MR) is 110 cm³/mol. The quantitative estimate of drug-likeness (QED) is 0.391. The van der Waals surface area contributed by atoms with Gasteiger partial charge in [-0.2, -0.15) is 0 Å². The minimum atomic E-state index is -0.818. The lowest BCUT2D eigenvalue weighted by atomic mass is 9.78. The van der Waals surface area contributed by atoms with Crippen molar-refractivity contribution in [2.24, 2.45) is 5.92 Å². The number of β-lactam (4-membered cyclic amide) rings is 1. The molecule has 29 heavy (non-hydrogen) atoms. The zero-order valence-electron chi connectivity index (χ0n) is 16.4. The summed E-state index contributed by atoms with van der Waals surface area (Å²) in [6.07, 6.45) is -1.50. The number of amides is 1. The maximum Gasteiger partial charge on any atom is 0.508 e. The van der Waals surface area contributed by atoms with E-state index in [2.05, 4.69) is 5.32 Å². The second kappa shape index (κ2) is 9.33. The SMILES string of the molecule is CC(OC(=O)OCc1ccccc1)[C@H]1C(=O)N[C@@H]1C(C)(CO)Sc1ccccc1. The van der Waals surface area contributed by atoms with E-state index >= 15 is 0 Å². The van der Waals surface area contributed by atoms with Crippen LogP contribution in [0.3, 0.4) is 0 Å². The summed E-state index contributed by atoms with van der Waals surface area (Å²) in [5, 5.41) is 12.9. The zero-order chi connectivity index (χ0) is 20.9. The molecule has 4 atom stereocenters. The highest BCUT2D eigenvalue weighted by atomic mass is 32.2. The third-order valence-electron chi connectivity index (χ3n) is 5.01. The Balaban J connectivity index is 1.60. The first-order chi connectivity index (χ1) is 13.9. The molecule has 0 radical (unpaired) electrons. The summed E-state index contributed by atoms with van der Waals surface area (Å²) in [6, 6.07) is 18.6.